The van der Waals surface area contributed by atoms with E-state index >= 15 is 0 Å². The molecular weight excluding hydrogens is 689 g/mol. The van der Waals surface area contributed by atoms with Crippen LogP contribution >= 0.6 is 0 Å². The number of rotatable bonds is 5. The number of nitrogens with zero attached hydrogens (tertiary/aromatic N) is 2. The van der Waals surface area contributed by atoms with E-state index in [0.29, 0.717) is 5.82 Å². The Hall–Kier alpha value is -7.16. The van der Waals surface area contributed by atoms with Crippen molar-refractivity contribution in [3.63, 3.8) is 0 Å². The van der Waals surface area contributed by atoms with Gasteiger partial charge in [0.25, 0.3) is 0 Å². The zero-order valence-corrected chi connectivity index (χ0v) is 31.9. The zero-order chi connectivity index (χ0) is 38.1. The maximum absolute atomic E-state index is 5.24. The van der Waals surface area contributed by atoms with Crippen molar-refractivity contribution in [2.45, 2.75) is 19.3 Å². The Balaban J connectivity index is 1.00. The summed E-state index contributed by atoms with van der Waals surface area (Å²) in [4.78, 5) is 10.4. The third-order valence-corrected chi connectivity index (χ3v) is 12.1. The van der Waals surface area contributed by atoms with Gasteiger partial charge >= 0.3 is 0 Å². The molecule has 11 rings (SSSR count). The molecule has 1 heterocycles. The molecule has 10 aromatic rings. The maximum atomic E-state index is 5.24. The number of hydrogen-bond acceptors (Lipinski definition) is 2. The SMILES string of the molecule is CC1(C)c2ccccc2-c2cccc(-c3ccc(-c4cc(-c5ccccc5)nc(-c5ccc(-c6c7ccccc7cc7c6ccc6ccccc67)cc5)n4)cc3)c21. The van der Waals surface area contributed by atoms with E-state index in [-0.39, 0.29) is 5.41 Å². The smallest absolute Gasteiger partial charge is 0.160 e. The highest BCUT2D eigenvalue weighted by Crippen LogP contribution is 2.52. The minimum Gasteiger partial charge on any atom is -0.228 e. The molecule has 9 aromatic carbocycles. The summed E-state index contributed by atoms with van der Waals surface area (Å²) < 4.78 is 0. The fourth-order valence-corrected chi connectivity index (χ4v) is 9.31. The van der Waals surface area contributed by atoms with E-state index in [1.54, 1.807) is 0 Å². The van der Waals surface area contributed by atoms with Gasteiger partial charge in [-0.2, -0.15) is 0 Å². The van der Waals surface area contributed by atoms with E-state index in [1.807, 2.05) is 6.07 Å². The van der Waals surface area contributed by atoms with Gasteiger partial charge in [0.15, 0.2) is 5.82 Å². The van der Waals surface area contributed by atoms with Gasteiger partial charge in [-0.15, -0.1) is 0 Å². The van der Waals surface area contributed by atoms with Crippen LogP contribution in [0, 0.1) is 0 Å². The molecule has 0 fully saturated rings. The van der Waals surface area contributed by atoms with Gasteiger partial charge < -0.3 is 0 Å². The van der Waals surface area contributed by atoms with Gasteiger partial charge in [-0.05, 0) is 89.0 Å². The average molecular weight is 727 g/mol. The van der Waals surface area contributed by atoms with Crippen molar-refractivity contribution in [2.75, 3.05) is 0 Å². The van der Waals surface area contributed by atoms with Crippen molar-refractivity contribution in [3.05, 3.63) is 205 Å². The molecule has 0 saturated heterocycles. The van der Waals surface area contributed by atoms with Gasteiger partial charge in [0.1, 0.15) is 0 Å². The Morgan fingerprint density at radius 1 is 0.351 bits per heavy atom. The molecule has 0 radical (unpaired) electrons. The molecule has 0 bridgehead atoms. The topological polar surface area (TPSA) is 25.8 Å². The van der Waals surface area contributed by atoms with Crippen LogP contribution in [0.2, 0.25) is 0 Å². The highest BCUT2D eigenvalue weighted by atomic mass is 14.9. The summed E-state index contributed by atoms with van der Waals surface area (Å²) in [5, 5.41) is 7.52. The highest BCUT2D eigenvalue weighted by molar-refractivity contribution is 6.20. The fourth-order valence-electron chi connectivity index (χ4n) is 9.31. The first-order valence-corrected chi connectivity index (χ1v) is 19.7. The Kier molecular flexibility index (Phi) is 7.55. The number of aromatic nitrogens is 2. The molecule has 268 valence electrons. The van der Waals surface area contributed by atoms with Gasteiger partial charge in [0, 0.05) is 22.1 Å². The molecule has 57 heavy (non-hydrogen) atoms. The molecule has 2 heteroatoms. The minimum atomic E-state index is -0.0853. The summed E-state index contributed by atoms with van der Waals surface area (Å²) in [7, 11) is 0. The molecule has 1 aromatic heterocycles. The number of fused-ring (bicyclic) bond motifs is 7. The second-order valence-corrected chi connectivity index (χ2v) is 15.7. The molecular formula is C55H38N2. The molecule has 0 atom stereocenters. The Morgan fingerprint density at radius 3 is 1.72 bits per heavy atom. The first-order chi connectivity index (χ1) is 28.0. The molecule has 0 aliphatic heterocycles. The average Bonchev–Trinajstić information content (AvgIpc) is 3.51. The van der Waals surface area contributed by atoms with Crippen LogP contribution in [0.5, 0.6) is 0 Å². The van der Waals surface area contributed by atoms with Gasteiger partial charge in [0.05, 0.1) is 11.4 Å². The van der Waals surface area contributed by atoms with Crippen molar-refractivity contribution in [3.8, 4) is 67.3 Å². The lowest BCUT2D eigenvalue weighted by Crippen LogP contribution is -2.16. The third kappa shape index (κ3) is 5.40. The predicted octanol–water partition coefficient (Wildman–Crippen LogP) is 14.6. The number of hydrogen-bond donors (Lipinski definition) is 0. The molecule has 0 N–H and O–H groups in total. The summed E-state index contributed by atoms with van der Waals surface area (Å²) in [6, 6.07) is 70.1. The zero-order valence-electron chi connectivity index (χ0n) is 31.9. The summed E-state index contributed by atoms with van der Waals surface area (Å²) in [6.07, 6.45) is 0. The second-order valence-electron chi connectivity index (χ2n) is 15.7. The van der Waals surface area contributed by atoms with Crippen molar-refractivity contribution >= 4 is 32.3 Å². The summed E-state index contributed by atoms with van der Waals surface area (Å²) in [5.41, 5.74) is 15.2. The van der Waals surface area contributed by atoms with E-state index in [1.165, 1.54) is 76.8 Å². The van der Waals surface area contributed by atoms with Gasteiger partial charge in [0.2, 0.25) is 0 Å². The van der Waals surface area contributed by atoms with Crippen molar-refractivity contribution < 1.29 is 0 Å². The van der Waals surface area contributed by atoms with Crippen LogP contribution < -0.4 is 0 Å². The molecule has 1 aliphatic rings. The minimum absolute atomic E-state index is 0.0853. The summed E-state index contributed by atoms with van der Waals surface area (Å²) >= 11 is 0. The van der Waals surface area contributed by atoms with Crippen molar-refractivity contribution in [2.24, 2.45) is 0 Å². The van der Waals surface area contributed by atoms with Crippen molar-refractivity contribution in [1.82, 2.24) is 9.97 Å². The number of benzene rings is 9. The quantitative estimate of drug-likeness (QED) is 0.130. The van der Waals surface area contributed by atoms with Crippen LogP contribution in [0.15, 0.2) is 194 Å². The third-order valence-electron chi connectivity index (χ3n) is 12.1. The first kappa shape index (κ1) is 33.2. The van der Waals surface area contributed by atoms with Crippen LogP contribution in [0.3, 0.4) is 0 Å². The summed E-state index contributed by atoms with van der Waals surface area (Å²) in [6.45, 7) is 4.70. The fraction of sp³-hybridized carbons (Fsp3) is 0.0545. The van der Waals surface area contributed by atoms with Crippen LogP contribution in [-0.4, -0.2) is 9.97 Å². The second kappa shape index (κ2) is 13.0. The van der Waals surface area contributed by atoms with Crippen LogP contribution in [0.25, 0.3) is 99.6 Å². The molecule has 0 amide bonds. The van der Waals surface area contributed by atoms with E-state index in [0.717, 1.165) is 28.1 Å². The predicted molar refractivity (Wildman–Crippen MR) is 239 cm³/mol. The van der Waals surface area contributed by atoms with Gasteiger partial charge in [-0.25, -0.2) is 9.97 Å². The molecule has 0 spiro atoms. The van der Waals surface area contributed by atoms with Crippen LogP contribution in [-0.2, 0) is 5.41 Å². The van der Waals surface area contributed by atoms with Crippen LogP contribution in [0.4, 0.5) is 0 Å². The largest absolute Gasteiger partial charge is 0.228 e. The van der Waals surface area contributed by atoms with E-state index in [9.17, 15) is 0 Å². The highest BCUT2D eigenvalue weighted by Gasteiger charge is 2.37. The van der Waals surface area contributed by atoms with E-state index in [4.69, 9.17) is 9.97 Å². The molecule has 0 unspecified atom stereocenters. The van der Waals surface area contributed by atoms with Gasteiger partial charge in [-0.1, -0.05) is 196 Å². The van der Waals surface area contributed by atoms with Crippen molar-refractivity contribution in [1.29, 1.82) is 0 Å². The van der Waals surface area contributed by atoms with E-state index in [2.05, 4.69) is 202 Å². The molecule has 0 saturated carbocycles. The van der Waals surface area contributed by atoms with Gasteiger partial charge in [-0.3, -0.25) is 0 Å². The van der Waals surface area contributed by atoms with Crippen LogP contribution in [0.1, 0.15) is 25.0 Å². The normalized spacial score (nSPS) is 12.9. The van der Waals surface area contributed by atoms with E-state index < -0.39 is 0 Å². The lowest BCUT2D eigenvalue weighted by molar-refractivity contribution is 0.662. The lowest BCUT2D eigenvalue weighted by atomic mass is 9.79. The molecule has 2 nitrogen and oxygen atoms in total. The summed E-state index contributed by atoms with van der Waals surface area (Å²) in [5.74, 6) is 0.705. The molecule has 1 aliphatic carbocycles. The Labute approximate surface area is 332 Å². The lowest BCUT2D eigenvalue weighted by Gasteiger charge is -2.24. The first-order valence-electron chi connectivity index (χ1n) is 19.7. The Morgan fingerprint density at radius 2 is 0.930 bits per heavy atom. The monoisotopic (exact) mass is 726 g/mol. The maximum Gasteiger partial charge on any atom is 0.160 e. The standard InChI is InChI=1S/C55H38N2/c1-55(2)49-22-11-10-19-45(49)47-21-12-20-44(53(47)55)36-23-25-38(26-24-36)51-34-50(37-14-4-3-5-15-37)56-54(57-51)40-29-27-39(28-30-40)52-43-18-9-7-16-41(43)33-48-42-17-8-6-13-35(42)31-32-46(48)52/h3-34H,1-2H3. The Bertz CT molecular complexity index is 3180.